The van der Waals surface area contributed by atoms with Crippen LogP contribution >= 0.6 is 0 Å². The third-order valence-corrected chi connectivity index (χ3v) is 4.39. The zero-order valence-corrected chi connectivity index (χ0v) is 16.5. The fourth-order valence-electron chi connectivity index (χ4n) is 2.82. The Kier molecular flexibility index (Phi) is 5.79. The standard InChI is InChI=1S/C20H28N4O3/c1-20(2,3)24-17(15-6-7-15)11-16(23-24)19(25)22-13-14-5-8-18(21-12-14)27-10-9-26-4/h5,8,11-12,15H,6-7,9-10,13H2,1-4H3,(H,22,25). The van der Waals surface area contributed by atoms with E-state index in [1.54, 1.807) is 19.4 Å². The molecule has 146 valence electrons. The first-order valence-electron chi connectivity index (χ1n) is 9.34. The van der Waals surface area contributed by atoms with Crippen LogP contribution in [-0.2, 0) is 16.8 Å². The van der Waals surface area contributed by atoms with Gasteiger partial charge in [-0.2, -0.15) is 5.10 Å². The number of amides is 1. The number of hydrogen-bond acceptors (Lipinski definition) is 5. The SMILES string of the molecule is COCCOc1ccc(CNC(=O)c2cc(C3CC3)n(C(C)(C)C)n2)cn1. The van der Waals surface area contributed by atoms with Crippen molar-refractivity contribution in [2.75, 3.05) is 20.3 Å². The second kappa shape index (κ2) is 8.08. The fourth-order valence-corrected chi connectivity index (χ4v) is 2.82. The highest BCUT2D eigenvalue weighted by atomic mass is 16.5. The number of nitrogens with zero attached hydrogens (tertiary/aromatic N) is 3. The topological polar surface area (TPSA) is 78.3 Å². The van der Waals surface area contributed by atoms with Gasteiger partial charge in [-0.05, 0) is 45.2 Å². The van der Waals surface area contributed by atoms with Crippen LogP contribution in [0.3, 0.4) is 0 Å². The molecule has 2 aromatic heterocycles. The van der Waals surface area contributed by atoms with Crippen LogP contribution in [0.2, 0.25) is 0 Å². The van der Waals surface area contributed by atoms with Gasteiger partial charge in [-0.3, -0.25) is 9.48 Å². The van der Waals surface area contributed by atoms with E-state index in [0.717, 1.165) is 11.3 Å². The number of pyridine rings is 1. The van der Waals surface area contributed by atoms with Gasteiger partial charge in [-0.1, -0.05) is 6.07 Å². The van der Waals surface area contributed by atoms with Crippen molar-refractivity contribution in [3.8, 4) is 5.88 Å². The van der Waals surface area contributed by atoms with E-state index in [0.29, 0.717) is 37.3 Å². The molecule has 1 N–H and O–H groups in total. The maximum atomic E-state index is 12.5. The summed E-state index contributed by atoms with van der Waals surface area (Å²) in [4.78, 5) is 16.8. The normalized spacial score (nSPS) is 14.2. The summed E-state index contributed by atoms with van der Waals surface area (Å²) in [7, 11) is 1.63. The average molecular weight is 372 g/mol. The predicted octanol–water partition coefficient (Wildman–Crippen LogP) is 2.87. The minimum Gasteiger partial charge on any atom is -0.475 e. The molecule has 7 nitrogen and oxygen atoms in total. The smallest absolute Gasteiger partial charge is 0.272 e. The maximum absolute atomic E-state index is 12.5. The Balaban J connectivity index is 1.59. The summed E-state index contributed by atoms with van der Waals surface area (Å²) < 4.78 is 12.4. The van der Waals surface area contributed by atoms with Gasteiger partial charge in [0.05, 0.1) is 12.1 Å². The molecule has 0 bridgehead atoms. The molecule has 1 amide bonds. The molecule has 2 heterocycles. The van der Waals surface area contributed by atoms with E-state index in [2.05, 4.69) is 36.2 Å². The third-order valence-electron chi connectivity index (χ3n) is 4.39. The quantitative estimate of drug-likeness (QED) is 0.721. The minimum absolute atomic E-state index is 0.140. The number of carbonyl (C=O) groups is 1. The molecule has 27 heavy (non-hydrogen) atoms. The minimum atomic E-state index is -0.166. The lowest BCUT2D eigenvalue weighted by atomic mass is 10.1. The van der Waals surface area contributed by atoms with E-state index in [1.807, 2.05) is 16.8 Å². The summed E-state index contributed by atoms with van der Waals surface area (Å²) in [6.07, 6.45) is 4.05. The summed E-state index contributed by atoms with van der Waals surface area (Å²) >= 11 is 0. The van der Waals surface area contributed by atoms with Crippen molar-refractivity contribution in [3.05, 3.63) is 41.3 Å². The van der Waals surface area contributed by atoms with Crippen molar-refractivity contribution in [2.24, 2.45) is 0 Å². The van der Waals surface area contributed by atoms with E-state index in [9.17, 15) is 4.79 Å². The summed E-state index contributed by atoms with van der Waals surface area (Å²) in [6, 6.07) is 5.61. The molecule has 0 unspecified atom stereocenters. The number of nitrogens with one attached hydrogen (secondary N) is 1. The van der Waals surface area contributed by atoms with Gasteiger partial charge in [0.25, 0.3) is 5.91 Å². The summed E-state index contributed by atoms with van der Waals surface area (Å²) in [6.45, 7) is 7.69. The largest absolute Gasteiger partial charge is 0.475 e. The van der Waals surface area contributed by atoms with Gasteiger partial charge in [0.1, 0.15) is 12.3 Å². The first-order valence-corrected chi connectivity index (χ1v) is 9.34. The molecule has 1 saturated carbocycles. The molecule has 0 saturated heterocycles. The number of rotatable bonds is 8. The molecular weight excluding hydrogens is 344 g/mol. The molecule has 0 aliphatic heterocycles. The van der Waals surface area contributed by atoms with Crippen LogP contribution in [0.15, 0.2) is 24.4 Å². The number of ether oxygens (including phenoxy) is 2. The van der Waals surface area contributed by atoms with Crippen molar-refractivity contribution < 1.29 is 14.3 Å². The third kappa shape index (κ3) is 5.07. The fraction of sp³-hybridized carbons (Fsp3) is 0.550. The van der Waals surface area contributed by atoms with Crippen molar-refractivity contribution in [1.82, 2.24) is 20.1 Å². The van der Waals surface area contributed by atoms with E-state index in [1.165, 1.54) is 12.8 Å². The van der Waals surface area contributed by atoms with Crippen LogP contribution in [0.1, 0.15) is 61.3 Å². The Labute approximate surface area is 160 Å². The molecule has 0 spiro atoms. The van der Waals surface area contributed by atoms with E-state index in [-0.39, 0.29) is 11.4 Å². The van der Waals surface area contributed by atoms with Crippen LogP contribution in [0.4, 0.5) is 0 Å². The molecule has 1 fully saturated rings. The summed E-state index contributed by atoms with van der Waals surface area (Å²) in [5.74, 6) is 0.911. The van der Waals surface area contributed by atoms with E-state index >= 15 is 0 Å². The van der Waals surface area contributed by atoms with Crippen molar-refractivity contribution >= 4 is 5.91 Å². The summed E-state index contributed by atoms with van der Waals surface area (Å²) in [5.41, 5.74) is 2.39. The molecule has 0 atom stereocenters. The molecule has 3 rings (SSSR count). The van der Waals surface area contributed by atoms with Crippen molar-refractivity contribution in [1.29, 1.82) is 0 Å². The van der Waals surface area contributed by atoms with Gasteiger partial charge in [-0.25, -0.2) is 4.98 Å². The second-order valence-electron chi connectivity index (χ2n) is 7.84. The van der Waals surface area contributed by atoms with Gasteiger partial charge < -0.3 is 14.8 Å². The zero-order chi connectivity index (χ0) is 19.4. The number of methoxy groups -OCH3 is 1. The summed E-state index contributed by atoms with van der Waals surface area (Å²) in [5, 5.41) is 7.49. The van der Waals surface area contributed by atoms with E-state index < -0.39 is 0 Å². The zero-order valence-electron chi connectivity index (χ0n) is 16.5. The average Bonchev–Trinajstić information content (AvgIpc) is 3.37. The van der Waals surface area contributed by atoms with Gasteiger partial charge in [-0.15, -0.1) is 0 Å². The van der Waals surface area contributed by atoms with Gasteiger partial charge >= 0.3 is 0 Å². The molecular formula is C20H28N4O3. The Hall–Kier alpha value is -2.41. The predicted molar refractivity (Wildman–Crippen MR) is 102 cm³/mol. The first-order chi connectivity index (χ1) is 12.9. The Bertz CT molecular complexity index is 774. The monoisotopic (exact) mass is 372 g/mol. The van der Waals surface area contributed by atoms with E-state index in [4.69, 9.17) is 9.47 Å². The molecule has 0 radical (unpaired) electrons. The van der Waals surface area contributed by atoms with Crippen LogP contribution in [0.5, 0.6) is 5.88 Å². The molecule has 0 aromatic carbocycles. The van der Waals surface area contributed by atoms with Crippen LogP contribution in [0.25, 0.3) is 0 Å². The maximum Gasteiger partial charge on any atom is 0.272 e. The van der Waals surface area contributed by atoms with Gasteiger partial charge in [0.2, 0.25) is 5.88 Å². The van der Waals surface area contributed by atoms with Crippen LogP contribution in [-0.4, -0.2) is 41.0 Å². The van der Waals surface area contributed by atoms with Crippen LogP contribution in [0, 0.1) is 0 Å². The first kappa shape index (κ1) is 19.4. The van der Waals surface area contributed by atoms with Crippen LogP contribution < -0.4 is 10.1 Å². The Morgan fingerprint density at radius 1 is 1.30 bits per heavy atom. The lowest BCUT2D eigenvalue weighted by Crippen LogP contribution is -2.27. The number of carbonyl (C=O) groups excluding carboxylic acids is 1. The molecule has 7 heteroatoms. The highest BCUT2D eigenvalue weighted by Gasteiger charge is 2.32. The Morgan fingerprint density at radius 2 is 2.07 bits per heavy atom. The lowest BCUT2D eigenvalue weighted by molar-refractivity contribution is 0.0944. The molecule has 2 aromatic rings. The van der Waals surface area contributed by atoms with Crippen molar-refractivity contribution in [3.63, 3.8) is 0 Å². The number of hydrogen-bond donors (Lipinski definition) is 1. The lowest BCUT2D eigenvalue weighted by Gasteiger charge is -2.22. The Morgan fingerprint density at radius 3 is 2.67 bits per heavy atom. The second-order valence-corrected chi connectivity index (χ2v) is 7.84. The highest BCUT2D eigenvalue weighted by Crippen LogP contribution is 2.41. The highest BCUT2D eigenvalue weighted by molar-refractivity contribution is 5.92. The van der Waals surface area contributed by atoms with Crippen molar-refractivity contribution in [2.45, 2.75) is 51.6 Å². The molecule has 1 aliphatic rings. The molecule has 1 aliphatic carbocycles. The number of aromatic nitrogens is 3. The van der Waals surface area contributed by atoms with Gasteiger partial charge in [0.15, 0.2) is 0 Å². The van der Waals surface area contributed by atoms with Gasteiger partial charge in [0, 0.05) is 37.5 Å².